The van der Waals surface area contributed by atoms with Crippen molar-refractivity contribution < 1.29 is 14.4 Å². The molecular weight excluding hydrogens is 437 g/mol. The fraction of sp³-hybridized carbons (Fsp3) is 0.348. The molecule has 3 aliphatic heterocycles. The van der Waals surface area contributed by atoms with Gasteiger partial charge in [-0.25, -0.2) is 9.91 Å². The SMILES string of the molecule is Cc1ccc([C@@H]2[C@@H]3C(=O)N(c4c(Cl)cccc4Cl)C(=O)[C@@H]3N3C(=O)CC(C)(C)N23)cc1. The lowest BCUT2D eigenvalue weighted by Crippen LogP contribution is -2.50. The number of hydrazine groups is 1. The number of benzene rings is 2. The maximum absolute atomic E-state index is 13.7. The number of anilines is 1. The van der Waals surface area contributed by atoms with Crippen LogP contribution in [0.1, 0.15) is 37.4 Å². The summed E-state index contributed by atoms with van der Waals surface area (Å²) in [5, 5.41) is 3.86. The standard InChI is InChI=1S/C23H21Cl2N3O3/c1-12-7-9-13(10-8-12)18-17-20(27-16(29)11-23(2,3)28(18)27)22(31)26(21(17)30)19-14(24)5-4-6-15(19)25/h4-10,17-18,20H,11H2,1-3H3/t17-,18+,20+/m0/s1. The number of hydrogen-bond donors (Lipinski definition) is 0. The zero-order chi connectivity index (χ0) is 22.2. The van der Waals surface area contributed by atoms with Gasteiger partial charge in [-0.05, 0) is 38.5 Å². The Bertz CT molecular complexity index is 1110. The van der Waals surface area contributed by atoms with E-state index in [1.807, 2.05) is 50.0 Å². The summed E-state index contributed by atoms with van der Waals surface area (Å²) in [6.45, 7) is 5.91. The molecule has 3 aliphatic rings. The van der Waals surface area contributed by atoms with Crippen LogP contribution in [0.3, 0.4) is 0 Å². The van der Waals surface area contributed by atoms with Crippen molar-refractivity contribution in [3.05, 3.63) is 63.6 Å². The molecule has 0 spiro atoms. The van der Waals surface area contributed by atoms with Crippen molar-refractivity contribution in [2.24, 2.45) is 5.92 Å². The molecule has 0 aromatic heterocycles. The zero-order valence-electron chi connectivity index (χ0n) is 17.3. The van der Waals surface area contributed by atoms with Gasteiger partial charge in [-0.3, -0.25) is 19.4 Å². The third-order valence-corrected chi connectivity index (χ3v) is 7.07. The number of carbonyl (C=O) groups excluding carboxylic acids is 3. The van der Waals surface area contributed by atoms with Crippen LogP contribution in [0, 0.1) is 12.8 Å². The molecule has 3 heterocycles. The van der Waals surface area contributed by atoms with Crippen LogP contribution in [0.15, 0.2) is 42.5 Å². The summed E-state index contributed by atoms with van der Waals surface area (Å²) in [4.78, 5) is 41.4. The van der Waals surface area contributed by atoms with E-state index in [2.05, 4.69) is 0 Å². The van der Waals surface area contributed by atoms with Crippen LogP contribution < -0.4 is 4.90 Å². The summed E-state index contributed by atoms with van der Waals surface area (Å²) in [6, 6.07) is 11.3. The molecule has 2 aromatic carbocycles. The van der Waals surface area contributed by atoms with Gasteiger partial charge in [-0.15, -0.1) is 0 Å². The van der Waals surface area contributed by atoms with Gasteiger partial charge >= 0.3 is 0 Å². The van der Waals surface area contributed by atoms with Crippen molar-refractivity contribution in [3.8, 4) is 0 Å². The number of carbonyl (C=O) groups is 3. The van der Waals surface area contributed by atoms with E-state index in [4.69, 9.17) is 23.2 Å². The van der Waals surface area contributed by atoms with Gasteiger partial charge in [-0.1, -0.05) is 59.1 Å². The van der Waals surface area contributed by atoms with E-state index >= 15 is 0 Å². The number of rotatable bonds is 2. The molecule has 0 bridgehead atoms. The number of amides is 3. The Hall–Kier alpha value is -2.41. The van der Waals surface area contributed by atoms with Crippen molar-refractivity contribution in [2.75, 3.05) is 4.90 Å². The van der Waals surface area contributed by atoms with Crippen molar-refractivity contribution in [2.45, 2.75) is 44.8 Å². The van der Waals surface area contributed by atoms with Crippen molar-refractivity contribution in [1.82, 2.24) is 10.0 Å². The highest BCUT2D eigenvalue weighted by Gasteiger charge is 2.68. The predicted octanol–water partition coefficient (Wildman–Crippen LogP) is 4.14. The highest BCUT2D eigenvalue weighted by atomic mass is 35.5. The number of halogens is 2. The summed E-state index contributed by atoms with van der Waals surface area (Å²) >= 11 is 12.7. The molecule has 3 saturated heterocycles. The Labute approximate surface area is 190 Å². The molecule has 6 nitrogen and oxygen atoms in total. The van der Waals surface area contributed by atoms with Crippen molar-refractivity contribution in [3.63, 3.8) is 0 Å². The Morgan fingerprint density at radius 2 is 1.52 bits per heavy atom. The van der Waals surface area contributed by atoms with Gasteiger partial charge in [0, 0.05) is 12.0 Å². The molecule has 0 unspecified atom stereocenters. The summed E-state index contributed by atoms with van der Waals surface area (Å²) in [5.74, 6) is -1.78. The minimum Gasteiger partial charge on any atom is -0.274 e. The topological polar surface area (TPSA) is 60.9 Å². The molecule has 160 valence electrons. The fourth-order valence-electron chi connectivity index (χ4n) is 5.17. The number of imide groups is 1. The van der Waals surface area contributed by atoms with E-state index in [1.165, 1.54) is 5.01 Å². The maximum Gasteiger partial charge on any atom is 0.259 e. The van der Waals surface area contributed by atoms with Crippen LogP contribution in [0.2, 0.25) is 10.0 Å². The van der Waals surface area contributed by atoms with Crippen LogP contribution in [-0.4, -0.2) is 39.3 Å². The van der Waals surface area contributed by atoms with E-state index in [1.54, 1.807) is 18.2 Å². The summed E-state index contributed by atoms with van der Waals surface area (Å²) in [7, 11) is 0. The molecule has 8 heteroatoms. The molecule has 2 aromatic rings. The summed E-state index contributed by atoms with van der Waals surface area (Å²) < 4.78 is 0. The Kier molecular flexibility index (Phi) is 4.49. The predicted molar refractivity (Wildman–Crippen MR) is 118 cm³/mol. The number of para-hydroxylation sites is 1. The third-order valence-electron chi connectivity index (χ3n) is 6.46. The molecule has 0 radical (unpaired) electrons. The summed E-state index contributed by atoms with van der Waals surface area (Å²) in [6.07, 6.45) is 0.271. The average molecular weight is 458 g/mol. The van der Waals surface area contributed by atoms with Gasteiger partial charge in [0.25, 0.3) is 5.91 Å². The second-order valence-electron chi connectivity index (χ2n) is 8.98. The second kappa shape index (κ2) is 6.79. The highest BCUT2D eigenvalue weighted by molar-refractivity contribution is 6.42. The summed E-state index contributed by atoms with van der Waals surface area (Å²) in [5.41, 5.74) is 1.63. The molecule has 0 saturated carbocycles. The van der Waals surface area contributed by atoms with E-state index in [0.717, 1.165) is 16.0 Å². The molecule has 0 N–H and O–H groups in total. The lowest BCUT2D eigenvalue weighted by molar-refractivity contribution is -0.146. The molecule has 5 rings (SSSR count). The van der Waals surface area contributed by atoms with Gasteiger partial charge in [0.15, 0.2) is 0 Å². The number of fused-ring (bicyclic) bond motifs is 3. The lowest BCUT2D eigenvalue weighted by Gasteiger charge is -2.38. The van der Waals surface area contributed by atoms with Crippen molar-refractivity contribution >= 4 is 46.6 Å². The van der Waals surface area contributed by atoms with Gasteiger partial charge in [-0.2, -0.15) is 0 Å². The first-order valence-electron chi connectivity index (χ1n) is 10.1. The molecule has 3 atom stereocenters. The monoisotopic (exact) mass is 457 g/mol. The maximum atomic E-state index is 13.7. The smallest absolute Gasteiger partial charge is 0.259 e. The molecule has 0 aliphatic carbocycles. The molecule has 3 amide bonds. The number of aryl methyl sites for hydroxylation is 1. The normalized spacial score (nSPS) is 27.3. The van der Waals surface area contributed by atoms with Crippen molar-refractivity contribution in [1.29, 1.82) is 0 Å². The fourth-order valence-corrected chi connectivity index (χ4v) is 5.74. The van der Waals surface area contributed by atoms with Gasteiger partial charge in [0.05, 0.1) is 27.7 Å². The van der Waals surface area contributed by atoms with E-state index in [0.29, 0.717) is 0 Å². The molecule has 31 heavy (non-hydrogen) atoms. The Morgan fingerprint density at radius 1 is 0.903 bits per heavy atom. The molecule has 3 fully saturated rings. The second-order valence-corrected chi connectivity index (χ2v) is 9.79. The van der Waals surface area contributed by atoms with Crippen LogP contribution in [0.5, 0.6) is 0 Å². The van der Waals surface area contributed by atoms with Gasteiger partial charge < -0.3 is 0 Å². The van der Waals surface area contributed by atoms with Gasteiger partial charge in [0.2, 0.25) is 11.8 Å². The number of hydrogen-bond acceptors (Lipinski definition) is 4. The average Bonchev–Trinajstić information content (AvgIpc) is 3.26. The van der Waals surface area contributed by atoms with E-state index < -0.39 is 35.4 Å². The first kappa shape index (κ1) is 20.5. The van der Waals surface area contributed by atoms with Gasteiger partial charge in [0.1, 0.15) is 6.04 Å². The van der Waals surface area contributed by atoms with Crippen LogP contribution in [0.25, 0.3) is 0 Å². The van der Waals surface area contributed by atoms with Crippen LogP contribution >= 0.6 is 23.2 Å². The van der Waals surface area contributed by atoms with Crippen LogP contribution in [-0.2, 0) is 14.4 Å². The zero-order valence-corrected chi connectivity index (χ0v) is 18.8. The number of nitrogens with zero attached hydrogens (tertiary/aromatic N) is 3. The quantitative estimate of drug-likeness (QED) is 0.635. The third kappa shape index (κ3) is 2.78. The minimum atomic E-state index is -0.916. The highest BCUT2D eigenvalue weighted by Crippen LogP contribution is 2.54. The first-order valence-corrected chi connectivity index (χ1v) is 10.9. The largest absolute Gasteiger partial charge is 0.274 e. The molecular formula is C23H21Cl2N3O3. The van der Waals surface area contributed by atoms with Crippen LogP contribution in [0.4, 0.5) is 5.69 Å². The minimum absolute atomic E-state index is 0.164. The Balaban J connectivity index is 1.68. The first-order chi connectivity index (χ1) is 14.6. The van der Waals surface area contributed by atoms with E-state index in [9.17, 15) is 14.4 Å². The lowest BCUT2D eigenvalue weighted by atomic mass is 9.86. The van der Waals surface area contributed by atoms with E-state index in [-0.39, 0.29) is 28.1 Å². The Morgan fingerprint density at radius 3 is 2.13 bits per heavy atom.